The molecule has 8 heteroatoms. The number of thiophene rings is 1. The smallest absolute Gasteiger partial charge is 0.325 e. The Morgan fingerprint density at radius 2 is 1.94 bits per heavy atom. The molecule has 0 unspecified atom stereocenters. The number of amides is 4. The second-order valence-corrected chi connectivity index (χ2v) is 9.65. The zero-order valence-corrected chi connectivity index (χ0v) is 19.3. The molecule has 2 heterocycles. The van der Waals surface area contributed by atoms with E-state index in [0.717, 1.165) is 29.1 Å². The summed E-state index contributed by atoms with van der Waals surface area (Å²) in [6, 6.07) is 11.1. The van der Waals surface area contributed by atoms with Crippen molar-refractivity contribution in [2.45, 2.75) is 57.2 Å². The predicted octanol–water partition coefficient (Wildman–Crippen LogP) is 3.58. The van der Waals surface area contributed by atoms with E-state index in [9.17, 15) is 14.4 Å². The normalized spacial score (nSPS) is 18.1. The molecule has 1 saturated carbocycles. The second-order valence-electron chi connectivity index (χ2n) is 8.61. The van der Waals surface area contributed by atoms with Crippen LogP contribution in [0, 0.1) is 0 Å². The lowest BCUT2D eigenvalue weighted by Crippen LogP contribution is -2.48. The molecular formula is C24H29N3O4S. The molecule has 7 nitrogen and oxygen atoms in total. The van der Waals surface area contributed by atoms with E-state index < -0.39 is 11.6 Å². The number of methoxy groups -OCH3 is 1. The van der Waals surface area contributed by atoms with Gasteiger partial charge in [0, 0.05) is 23.9 Å². The molecule has 1 aliphatic heterocycles. The molecule has 0 radical (unpaired) electrons. The van der Waals surface area contributed by atoms with Crippen molar-refractivity contribution in [1.29, 1.82) is 0 Å². The number of urea groups is 1. The number of ether oxygens (including phenoxy) is 1. The first kappa shape index (κ1) is 22.3. The average Bonchev–Trinajstić information content (AvgIpc) is 3.52. The summed E-state index contributed by atoms with van der Waals surface area (Å²) in [5.41, 5.74) is 0.155. The summed E-state index contributed by atoms with van der Waals surface area (Å²) in [5, 5.41) is 4.88. The Bertz CT molecular complexity index is 968. The first-order valence-electron chi connectivity index (χ1n) is 11.0. The molecule has 4 amide bonds. The number of nitrogens with one attached hydrogen (secondary N) is 1. The van der Waals surface area contributed by atoms with Gasteiger partial charge >= 0.3 is 6.03 Å². The molecule has 1 aromatic carbocycles. The largest absolute Gasteiger partial charge is 0.497 e. The average molecular weight is 456 g/mol. The van der Waals surface area contributed by atoms with Crippen LogP contribution in [0.15, 0.2) is 41.8 Å². The van der Waals surface area contributed by atoms with Gasteiger partial charge in [-0.25, -0.2) is 4.79 Å². The monoisotopic (exact) mass is 455 g/mol. The topological polar surface area (TPSA) is 79.0 Å². The van der Waals surface area contributed by atoms with E-state index in [4.69, 9.17) is 4.74 Å². The van der Waals surface area contributed by atoms with Crippen LogP contribution in [0.2, 0.25) is 0 Å². The summed E-state index contributed by atoms with van der Waals surface area (Å²) in [5.74, 6) is 0.256. The fourth-order valence-corrected chi connectivity index (χ4v) is 5.44. The van der Waals surface area contributed by atoms with Gasteiger partial charge in [-0.15, -0.1) is 11.3 Å². The highest BCUT2D eigenvalue weighted by atomic mass is 32.1. The first-order valence-corrected chi connectivity index (χ1v) is 11.9. The highest BCUT2D eigenvalue weighted by molar-refractivity contribution is 7.09. The third-order valence-corrected chi connectivity index (χ3v) is 7.34. The Morgan fingerprint density at radius 3 is 2.56 bits per heavy atom. The molecule has 170 valence electrons. The number of rotatable bonds is 8. The SMILES string of the molecule is COc1ccc(CN(C(=O)CN2C(=O)NC3(CCCC3)C2=O)[C@@H](C)Cc2cccs2)cc1. The van der Waals surface area contributed by atoms with Crippen LogP contribution in [0.4, 0.5) is 4.79 Å². The van der Waals surface area contributed by atoms with E-state index in [1.807, 2.05) is 42.6 Å². The lowest BCUT2D eigenvalue weighted by molar-refractivity contribution is -0.140. The molecule has 1 saturated heterocycles. The predicted molar refractivity (Wildman–Crippen MR) is 122 cm³/mol. The van der Waals surface area contributed by atoms with Crippen molar-refractivity contribution in [3.05, 3.63) is 52.2 Å². The molecule has 0 bridgehead atoms. The fourth-order valence-electron chi connectivity index (χ4n) is 4.61. The van der Waals surface area contributed by atoms with Gasteiger partial charge in [0.05, 0.1) is 7.11 Å². The molecule has 1 spiro atoms. The zero-order valence-electron chi connectivity index (χ0n) is 18.5. The highest BCUT2D eigenvalue weighted by Crippen LogP contribution is 2.35. The number of hydrogen-bond donors (Lipinski definition) is 1. The van der Waals surface area contributed by atoms with Crippen LogP contribution >= 0.6 is 11.3 Å². The van der Waals surface area contributed by atoms with Gasteiger partial charge < -0.3 is 15.0 Å². The molecule has 2 aliphatic rings. The minimum Gasteiger partial charge on any atom is -0.497 e. The van der Waals surface area contributed by atoms with Crippen LogP contribution in [-0.2, 0) is 22.6 Å². The molecule has 2 aromatic rings. The van der Waals surface area contributed by atoms with Crippen LogP contribution in [0.25, 0.3) is 0 Å². The van der Waals surface area contributed by atoms with E-state index in [2.05, 4.69) is 11.4 Å². The van der Waals surface area contributed by atoms with Crippen LogP contribution in [-0.4, -0.2) is 52.9 Å². The second kappa shape index (κ2) is 9.32. The van der Waals surface area contributed by atoms with Gasteiger partial charge in [0.2, 0.25) is 5.91 Å². The summed E-state index contributed by atoms with van der Waals surface area (Å²) >= 11 is 1.65. The Kier molecular flexibility index (Phi) is 6.50. The summed E-state index contributed by atoms with van der Waals surface area (Å²) in [6.45, 7) is 2.16. The van der Waals surface area contributed by atoms with Crippen molar-refractivity contribution in [3.63, 3.8) is 0 Å². The molecule has 1 atom stereocenters. The van der Waals surface area contributed by atoms with Gasteiger partial charge in [-0.3, -0.25) is 14.5 Å². The Balaban J connectivity index is 1.51. The number of hydrogen-bond acceptors (Lipinski definition) is 5. The van der Waals surface area contributed by atoms with Crippen LogP contribution in [0.5, 0.6) is 5.75 Å². The number of imide groups is 1. The maximum absolute atomic E-state index is 13.4. The number of benzene rings is 1. The third-order valence-electron chi connectivity index (χ3n) is 6.44. The maximum Gasteiger partial charge on any atom is 0.325 e. The Morgan fingerprint density at radius 1 is 1.22 bits per heavy atom. The van der Waals surface area contributed by atoms with E-state index >= 15 is 0 Å². The molecule has 2 fully saturated rings. The molecule has 1 N–H and O–H groups in total. The maximum atomic E-state index is 13.4. The van der Waals surface area contributed by atoms with Crippen LogP contribution in [0.1, 0.15) is 43.0 Å². The van der Waals surface area contributed by atoms with Gasteiger partial charge in [0.25, 0.3) is 5.91 Å². The quantitative estimate of drug-likeness (QED) is 0.617. The van der Waals surface area contributed by atoms with E-state index in [1.165, 1.54) is 4.88 Å². The van der Waals surface area contributed by atoms with Crippen molar-refractivity contribution < 1.29 is 19.1 Å². The van der Waals surface area contributed by atoms with E-state index in [0.29, 0.717) is 25.8 Å². The van der Waals surface area contributed by atoms with Gasteiger partial charge in [0.15, 0.2) is 0 Å². The van der Waals surface area contributed by atoms with E-state index in [-0.39, 0.29) is 24.4 Å². The van der Waals surface area contributed by atoms with Crippen molar-refractivity contribution in [2.75, 3.05) is 13.7 Å². The molecule has 4 rings (SSSR count). The van der Waals surface area contributed by atoms with Crippen molar-refractivity contribution in [1.82, 2.24) is 15.1 Å². The van der Waals surface area contributed by atoms with Gasteiger partial charge in [0.1, 0.15) is 17.8 Å². The standard InChI is InChI=1S/C24H29N3O4S/c1-17(14-20-6-5-13-32-20)26(15-18-7-9-19(31-2)10-8-18)21(28)16-27-22(29)24(25-23(27)30)11-3-4-12-24/h5-10,13,17H,3-4,11-12,14-16H2,1-2H3,(H,25,30)/t17-/m0/s1. The summed E-state index contributed by atoms with van der Waals surface area (Å²) < 4.78 is 5.23. The van der Waals surface area contributed by atoms with Gasteiger partial charge in [-0.1, -0.05) is 31.0 Å². The number of carbonyl (C=O) groups excluding carboxylic acids is 3. The van der Waals surface area contributed by atoms with Crippen molar-refractivity contribution in [3.8, 4) is 5.75 Å². The highest BCUT2D eigenvalue weighted by Gasteiger charge is 2.52. The van der Waals surface area contributed by atoms with Crippen molar-refractivity contribution in [2.24, 2.45) is 0 Å². The summed E-state index contributed by atoms with van der Waals surface area (Å²) in [7, 11) is 1.61. The van der Waals surface area contributed by atoms with Crippen molar-refractivity contribution >= 4 is 29.2 Å². The van der Waals surface area contributed by atoms with Crippen LogP contribution in [0.3, 0.4) is 0 Å². The lowest BCUT2D eigenvalue weighted by atomic mass is 9.98. The summed E-state index contributed by atoms with van der Waals surface area (Å²) in [6.07, 6.45) is 3.83. The lowest BCUT2D eigenvalue weighted by Gasteiger charge is -2.31. The van der Waals surface area contributed by atoms with Gasteiger partial charge in [-0.2, -0.15) is 0 Å². The minimum atomic E-state index is -0.805. The zero-order chi connectivity index (χ0) is 22.7. The van der Waals surface area contributed by atoms with Crippen LogP contribution < -0.4 is 10.1 Å². The number of nitrogens with zero attached hydrogens (tertiary/aromatic N) is 2. The fraction of sp³-hybridized carbons (Fsp3) is 0.458. The molecular weight excluding hydrogens is 426 g/mol. The minimum absolute atomic E-state index is 0.0931. The first-order chi connectivity index (χ1) is 15.4. The molecule has 32 heavy (non-hydrogen) atoms. The Labute approximate surface area is 192 Å². The van der Waals surface area contributed by atoms with E-state index in [1.54, 1.807) is 23.3 Å². The third kappa shape index (κ3) is 4.50. The Hall–Kier alpha value is -2.87. The van der Waals surface area contributed by atoms with Gasteiger partial charge in [-0.05, 0) is 48.9 Å². The number of carbonyl (C=O) groups is 3. The summed E-state index contributed by atoms with van der Waals surface area (Å²) in [4.78, 5) is 43.1. The molecule has 1 aromatic heterocycles. The molecule has 1 aliphatic carbocycles.